The molecule has 0 aliphatic heterocycles. The molecule has 4 atom stereocenters. The minimum atomic E-state index is 0.220. The van der Waals surface area contributed by atoms with E-state index in [2.05, 4.69) is 57.2 Å². The molecule has 2 aromatic rings. The van der Waals surface area contributed by atoms with E-state index in [-0.39, 0.29) is 5.41 Å². The van der Waals surface area contributed by atoms with Gasteiger partial charge in [0.15, 0.2) is 0 Å². The minimum Gasteiger partial charge on any atom is -0.497 e. The quantitative estimate of drug-likeness (QED) is 0.455. The summed E-state index contributed by atoms with van der Waals surface area (Å²) in [5.41, 5.74) is 10.2. The van der Waals surface area contributed by atoms with Gasteiger partial charge in [0.1, 0.15) is 11.5 Å². The van der Waals surface area contributed by atoms with E-state index in [1.807, 2.05) is 0 Å². The number of fused-ring (bicyclic) bond motifs is 5. The number of methoxy groups -OCH3 is 2. The van der Waals surface area contributed by atoms with Gasteiger partial charge in [-0.3, -0.25) is 0 Å². The lowest BCUT2D eigenvalue weighted by Crippen LogP contribution is -2.40. The van der Waals surface area contributed by atoms with Crippen LogP contribution in [-0.2, 0) is 19.3 Å². The molecular formula is C32H40O2. The van der Waals surface area contributed by atoms with Gasteiger partial charge in [0.05, 0.1) is 14.2 Å². The smallest absolute Gasteiger partial charge is 0.122 e. The van der Waals surface area contributed by atoms with E-state index in [1.54, 1.807) is 19.8 Å². The summed E-state index contributed by atoms with van der Waals surface area (Å²) in [6.45, 7) is 11.7. The van der Waals surface area contributed by atoms with Gasteiger partial charge >= 0.3 is 0 Å². The van der Waals surface area contributed by atoms with Crippen LogP contribution in [0.5, 0.6) is 11.5 Å². The second-order valence-electron chi connectivity index (χ2n) is 10.9. The lowest BCUT2D eigenvalue weighted by atomic mass is 9.55. The fraction of sp³-hybridized carbons (Fsp3) is 0.500. The average molecular weight is 457 g/mol. The Kier molecular flexibility index (Phi) is 6.12. The topological polar surface area (TPSA) is 18.5 Å². The van der Waals surface area contributed by atoms with Crippen molar-refractivity contribution in [2.45, 2.75) is 71.6 Å². The number of aryl methyl sites for hydroxylation is 2. The van der Waals surface area contributed by atoms with Crippen LogP contribution in [0.15, 0.2) is 48.1 Å². The van der Waals surface area contributed by atoms with Gasteiger partial charge in [0.2, 0.25) is 0 Å². The zero-order valence-corrected chi connectivity index (χ0v) is 21.7. The molecule has 4 unspecified atom stereocenters. The SMILES string of the molecule is C=C1/C(=C/c2cc(CC)c(CC)c(OC)c2)CC2C3CCc4cc(OC)ccc4C3CCC12C. The highest BCUT2D eigenvalue weighted by atomic mass is 16.5. The highest BCUT2D eigenvalue weighted by Crippen LogP contribution is 2.64. The first-order chi connectivity index (χ1) is 16.4. The van der Waals surface area contributed by atoms with Crippen LogP contribution in [0, 0.1) is 17.3 Å². The maximum absolute atomic E-state index is 5.78. The molecule has 0 radical (unpaired) electrons. The Bertz CT molecular complexity index is 1110. The van der Waals surface area contributed by atoms with Gasteiger partial charge in [-0.05, 0) is 125 Å². The molecule has 0 N–H and O–H groups in total. The van der Waals surface area contributed by atoms with Crippen molar-refractivity contribution in [1.29, 1.82) is 0 Å². The molecule has 3 aliphatic rings. The summed E-state index contributed by atoms with van der Waals surface area (Å²) in [7, 11) is 3.57. The predicted molar refractivity (Wildman–Crippen MR) is 142 cm³/mol. The largest absolute Gasteiger partial charge is 0.497 e. The van der Waals surface area contributed by atoms with Gasteiger partial charge in [-0.2, -0.15) is 0 Å². The number of ether oxygens (including phenoxy) is 2. The van der Waals surface area contributed by atoms with Crippen molar-refractivity contribution in [3.05, 3.63) is 75.9 Å². The van der Waals surface area contributed by atoms with E-state index in [0.29, 0.717) is 11.8 Å². The average Bonchev–Trinajstić information content (AvgIpc) is 3.12. The summed E-state index contributed by atoms with van der Waals surface area (Å²) in [6, 6.07) is 11.4. The van der Waals surface area contributed by atoms with Crippen molar-refractivity contribution >= 4 is 6.08 Å². The zero-order valence-electron chi connectivity index (χ0n) is 21.7. The van der Waals surface area contributed by atoms with Gasteiger partial charge < -0.3 is 9.47 Å². The van der Waals surface area contributed by atoms with Crippen molar-refractivity contribution in [3.63, 3.8) is 0 Å². The molecule has 0 amide bonds. The van der Waals surface area contributed by atoms with Crippen LogP contribution >= 0.6 is 0 Å². The Morgan fingerprint density at radius 2 is 1.88 bits per heavy atom. The first-order valence-corrected chi connectivity index (χ1v) is 13.2. The van der Waals surface area contributed by atoms with E-state index in [1.165, 1.54) is 59.1 Å². The standard InChI is InChI=1S/C32H40O2/c1-7-22-15-21(17-31(34-6)26(22)8-2)16-24-19-30-29-11-9-23-18-25(33-5)10-12-27(23)28(29)13-14-32(30,4)20(24)3/h10,12,15-18,28-30H,3,7-9,11,13-14,19H2,1-2,4-6H3/b24-16+. The number of hydrogen-bond acceptors (Lipinski definition) is 2. The summed E-state index contributed by atoms with van der Waals surface area (Å²) in [5.74, 6) is 4.12. The number of benzene rings is 2. The molecule has 5 rings (SSSR count). The Balaban J connectivity index is 1.48. The van der Waals surface area contributed by atoms with Crippen LogP contribution in [0.3, 0.4) is 0 Å². The van der Waals surface area contributed by atoms with Gasteiger partial charge in [-0.25, -0.2) is 0 Å². The molecular weight excluding hydrogens is 416 g/mol. The molecule has 3 aliphatic carbocycles. The number of allylic oxidation sites excluding steroid dienone is 2. The zero-order chi connectivity index (χ0) is 24.0. The fourth-order valence-electron chi connectivity index (χ4n) is 7.54. The van der Waals surface area contributed by atoms with E-state index in [4.69, 9.17) is 16.1 Å². The Hall–Kier alpha value is -2.48. The van der Waals surface area contributed by atoms with Crippen LogP contribution in [0.4, 0.5) is 0 Å². The third kappa shape index (κ3) is 3.61. The summed E-state index contributed by atoms with van der Waals surface area (Å²) >= 11 is 0. The molecule has 0 spiro atoms. The van der Waals surface area contributed by atoms with E-state index >= 15 is 0 Å². The monoisotopic (exact) mass is 456 g/mol. The highest BCUT2D eigenvalue weighted by Gasteiger charge is 2.53. The van der Waals surface area contributed by atoms with E-state index in [9.17, 15) is 0 Å². The molecule has 0 bridgehead atoms. The summed E-state index contributed by atoms with van der Waals surface area (Å²) in [6.07, 6.45) is 10.6. The third-order valence-corrected chi connectivity index (χ3v) is 9.46. The molecule has 180 valence electrons. The van der Waals surface area contributed by atoms with Crippen molar-refractivity contribution in [2.24, 2.45) is 17.3 Å². The summed E-state index contributed by atoms with van der Waals surface area (Å²) in [5, 5.41) is 0. The molecule has 0 aromatic heterocycles. The van der Waals surface area contributed by atoms with Crippen molar-refractivity contribution in [2.75, 3.05) is 14.2 Å². The molecule has 2 saturated carbocycles. The predicted octanol–water partition coefficient (Wildman–Crippen LogP) is 7.93. The van der Waals surface area contributed by atoms with Crippen LogP contribution in [0.25, 0.3) is 6.08 Å². The van der Waals surface area contributed by atoms with Crippen LogP contribution in [-0.4, -0.2) is 14.2 Å². The minimum absolute atomic E-state index is 0.220. The Morgan fingerprint density at radius 3 is 2.59 bits per heavy atom. The van der Waals surface area contributed by atoms with Crippen LogP contribution in [0.1, 0.15) is 80.2 Å². The Labute approximate surface area is 206 Å². The number of rotatable bonds is 5. The van der Waals surface area contributed by atoms with Crippen LogP contribution < -0.4 is 9.47 Å². The molecule has 2 heteroatoms. The van der Waals surface area contributed by atoms with Crippen molar-refractivity contribution in [3.8, 4) is 11.5 Å². The lowest BCUT2D eigenvalue weighted by Gasteiger charge is -2.49. The van der Waals surface area contributed by atoms with Crippen LogP contribution in [0.2, 0.25) is 0 Å². The molecule has 2 aromatic carbocycles. The second-order valence-corrected chi connectivity index (χ2v) is 10.9. The molecule has 2 nitrogen and oxygen atoms in total. The normalized spacial score (nSPS) is 28.9. The van der Waals surface area contributed by atoms with Crippen molar-refractivity contribution < 1.29 is 9.47 Å². The fourth-order valence-corrected chi connectivity index (χ4v) is 7.54. The highest BCUT2D eigenvalue weighted by molar-refractivity contribution is 5.65. The van der Waals surface area contributed by atoms with Gasteiger partial charge in [0.25, 0.3) is 0 Å². The van der Waals surface area contributed by atoms with Gasteiger partial charge in [0, 0.05) is 0 Å². The molecule has 0 heterocycles. The van der Waals surface area contributed by atoms with Crippen molar-refractivity contribution in [1.82, 2.24) is 0 Å². The first kappa shape index (κ1) is 23.3. The van der Waals surface area contributed by atoms with E-state index in [0.717, 1.165) is 36.7 Å². The molecule has 2 fully saturated rings. The maximum Gasteiger partial charge on any atom is 0.122 e. The summed E-state index contributed by atoms with van der Waals surface area (Å²) < 4.78 is 11.3. The van der Waals surface area contributed by atoms with E-state index < -0.39 is 0 Å². The summed E-state index contributed by atoms with van der Waals surface area (Å²) in [4.78, 5) is 0. The molecule has 34 heavy (non-hydrogen) atoms. The third-order valence-electron chi connectivity index (χ3n) is 9.46. The number of hydrogen-bond donors (Lipinski definition) is 0. The van der Waals surface area contributed by atoms with Gasteiger partial charge in [-0.1, -0.05) is 45.6 Å². The lowest BCUT2D eigenvalue weighted by molar-refractivity contribution is 0.0821. The molecule has 0 saturated heterocycles. The second kappa shape index (κ2) is 8.95. The van der Waals surface area contributed by atoms with Gasteiger partial charge in [-0.15, -0.1) is 0 Å². The Morgan fingerprint density at radius 1 is 1.06 bits per heavy atom. The first-order valence-electron chi connectivity index (χ1n) is 13.2. The maximum atomic E-state index is 5.78.